The van der Waals surface area contributed by atoms with Gasteiger partial charge in [0.05, 0.1) is 12.8 Å². The van der Waals surface area contributed by atoms with Gasteiger partial charge in [0.15, 0.2) is 0 Å². The van der Waals surface area contributed by atoms with E-state index in [-0.39, 0.29) is 5.91 Å². The lowest BCUT2D eigenvalue weighted by atomic mass is 9.78. The van der Waals surface area contributed by atoms with Crippen molar-refractivity contribution in [2.24, 2.45) is 17.8 Å². The number of rotatable bonds is 7. The van der Waals surface area contributed by atoms with Crippen molar-refractivity contribution in [3.63, 3.8) is 0 Å². The van der Waals surface area contributed by atoms with E-state index in [4.69, 9.17) is 4.74 Å². The van der Waals surface area contributed by atoms with Gasteiger partial charge in [-0.3, -0.25) is 14.4 Å². The van der Waals surface area contributed by atoms with Crippen LogP contribution in [-0.4, -0.2) is 58.3 Å². The van der Waals surface area contributed by atoms with Crippen molar-refractivity contribution in [3.05, 3.63) is 48.3 Å². The lowest BCUT2D eigenvalue weighted by Gasteiger charge is -2.36. The summed E-state index contributed by atoms with van der Waals surface area (Å²) in [7, 11) is 0. The maximum Gasteiger partial charge on any atom is 0.219 e. The Labute approximate surface area is 186 Å². The summed E-state index contributed by atoms with van der Waals surface area (Å²) in [5.41, 5.74) is 1.30. The summed E-state index contributed by atoms with van der Waals surface area (Å²) in [6, 6.07) is 10.4. The van der Waals surface area contributed by atoms with Gasteiger partial charge >= 0.3 is 0 Å². The van der Waals surface area contributed by atoms with Crippen LogP contribution in [0.2, 0.25) is 0 Å². The molecule has 2 aliphatic rings. The molecule has 2 atom stereocenters. The van der Waals surface area contributed by atoms with Crippen molar-refractivity contribution >= 4 is 5.91 Å². The van der Waals surface area contributed by atoms with Crippen LogP contribution in [0.5, 0.6) is 5.75 Å². The number of nitrogens with zero attached hydrogens (tertiary/aromatic N) is 4. The Morgan fingerprint density at radius 1 is 1.16 bits per heavy atom. The van der Waals surface area contributed by atoms with Crippen LogP contribution in [0, 0.1) is 17.8 Å². The molecule has 2 saturated heterocycles. The van der Waals surface area contributed by atoms with Gasteiger partial charge in [0, 0.05) is 50.3 Å². The first-order valence-electron chi connectivity index (χ1n) is 11.7. The fraction of sp³-hybridized carbons (Fsp3) is 0.600. The molecular formula is C25H36N4O2. The third-order valence-corrected chi connectivity index (χ3v) is 6.97. The summed E-state index contributed by atoms with van der Waals surface area (Å²) in [4.78, 5) is 16.6. The van der Waals surface area contributed by atoms with Crippen LogP contribution in [0.25, 0.3) is 0 Å². The third-order valence-electron chi connectivity index (χ3n) is 6.97. The van der Waals surface area contributed by atoms with E-state index in [1.54, 1.807) is 6.92 Å². The van der Waals surface area contributed by atoms with Crippen molar-refractivity contribution in [2.45, 2.75) is 46.2 Å². The Kier molecular flexibility index (Phi) is 6.96. The predicted octanol–water partition coefficient (Wildman–Crippen LogP) is 3.85. The highest BCUT2D eigenvalue weighted by atomic mass is 16.5. The monoisotopic (exact) mass is 424 g/mol. The molecule has 1 aromatic carbocycles. The van der Waals surface area contributed by atoms with Crippen molar-refractivity contribution in [2.75, 3.05) is 32.8 Å². The zero-order valence-corrected chi connectivity index (χ0v) is 19.1. The SMILES string of the molecule is CC(=O)N1C[C@@H](COc2ccccc2)[C@H](C2CCN(Cc3cnn(C(C)C)c3)CC2)C1. The Balaban J connectivity index is 1.32. The summed E-state index contributed by atoms with van der Waals surface area (Å²) < 4.78 is 8.14. The first-order valence-corrected chi connectivity index (χ1v) is 11.7. The van der Waals surface area contributed by atoms with E-state index >= 15 is 0 Å². The number of carbonyl (C=O) groups excluding carboxylic acids is 1. The number of carbonyl (C=O) groups is 1. The number of likely N-dealkylation sites (tertiary alicyclic amines) is 2. The highest BCUT2D eigenvalue weighted by Gasteiger charge is 2.40. The maximum absolute atomic E-state index is 12.1. The molecule has 0 radical (unpaired) electrons. The fourth-order valence-electron chi connectivity index (χ4n) is 5.12. The van der Waals surface area contributed by atoms with Crippen LogP contribution in [0.3, 0.4) is 0 Å². The van der Waals surface area contributed by atoms with Gasteiger partial charge in [0.2, 0.25) is 5.91 Å². The second-order valence-corrected chi connectivity index (χ2v) is 9.51. The number of para-hydroxylation sites is 1. The zero-order valence-electron chi connectivity index (χ0n) is 19.1. The van der Waals surface area contributed by atoms with Crippen LogP contribution in [0.1, 0.15) is 45.2 Å². The minimum absolute atomic E-state index is 0.187. The molecule has 4 rings (SSSR count). The quantitative estimate of drug-likeness (QED) is 0.677. The molecule has 0 spiro atoms. The van der Waals surface area contributed by atoms with Gasteiger partial charge in [-0.25, -0.2) is 0 Å². The molecule has 1 aromatic heterocycles. The fourth-order valence-corrected chi connectivity index (χ4v) is 5.12. The van der Waals surface area contributed by atoms with Gasteiger partial charge in [0.1, 0.15) is 5.75 Å². The molecular weight excluding hydrogens is 388 g/mol. The summed E-state index contributed by atoms with van der Waals surface area (Å²) in [6.45, 7) is 11.6. The summed E-state index contributed by atoms with van der Waals surface area (Å²) in [6.07, 6.45) is 6.56. The van der Waals surface area contributed by atoms with Gasteiger partial charge in [-0.1, -0.05) is 18.2 Å². The summed E-state index contributed by atoms with van der Waals surface area (Å²) >= 11 is 0. The van der Waals surface area contributed by atoms with Crippen LogP contribution < -0.4 is 4.74 Å². The van der Waals surface area contributed by atoms with Gasteiger partial charge < -0.3 is 9.64 Å². The minimum atomic E-state index is 0.187. The number of amides is 1. The van der Waals surface area contributed by atoms with E-state index in [0.29, 0.717) is 30.4 Å². The Bertz CT molecular complexity index is 842. The number of ether oxygens (including phenoxy) is 1. The molecule has 168 valence electrons. The molecule has 2 aliphatic heterocycles. The largest absolute Gasteiger partial charge is 0.493 e. The van der Waals surface area contributed by atoms with E-state index in [1.807, 2.05) is 46.1 Å². The molecule has 0 unspecified atom stereocenters. The average molecular weight is 425 g/mol. The third kappa shape index (κ3) is 5.48. The number of piperidine rings is 1. The standard InChI is InChI=1S/C25H36N4O2/c1-19(2)29-15-21(13-26-29)14-27-11-9-22(10-12-27)25-17-28(20(3)30)16-23(25)18-31-24-7-5-4-6-8-24/h4-8,13,15,19,22-23,25H,9-12,14,16-18H2,1-3H3/t23-,25-/m0/s1. The van der Waals surface area contributed by atoms with E-state index in [1.165, 1.54) is 18.4 Å². The molecule has 0 aliphatic carbocycles. The number of hydrogen-bond acceptors (Lipinski definition) is 4. The van der Waals surface area contributed by atoms with E-state index in [2.05, 4.69) is 30.0 Å². The maximum atomic E-state index is 12.1. The second-order valence-electron chi connectivity index (χ2n) is 9.51. The molecule has 2 aromatic rings. The van der Waals surface area contributed by atoms with Gasteiger partial charge in [-0.2, -0.15) is 5.10 Å². The number of aromatic nitrogens is 2. The van der Waals surface area contributed by atoms with Gasteiger partial charge in [-0.05, 0) is 63.7 Å². The molecule has 6 nitrogen and oxygen atoms in total. The minimum Gasteiger partial charge on any atom is -0.493 e. The number of hydrogen-bond donors (Lipinski definition) is 0. The lowest BCUT2D eigenvalue weighted by Crippen LogP contribution is -2.38. The molecule has 31 heavy (non-hydrogen) atoms. The molecule has 0 N–H and O–H groups in total. The molecule has 6 heteroatoms. The van der Waals surface area contributed by atoms with E-state index in [0.717, 1.165) is 38.5 Å². The Morgan fingerprint density at radius 2 is 1.90 bits per heavy atom. The molecule has 3 heterocycles. The normalized spacial score (nSPS) is 22.9. The molecule has 1 amide bonds. The van der Waals surface area contributed by atoms with Crippen LogP contribution in [-0.2, 0) is 11.3 Å². The lowest BCUT2D eigenvalue weighted by molar-refractivity contribution is -0.128. The van der Waals surface area contributed by atoms with Crippen molar-refractivity contribution in [1.29, 1.82) is 0 Å². The Hall–Kier alpha value is -2.34. The predicted molar refractivity (Wildman–Crippen MR) is 122 cm³/mol. The Morgan fingerprint density at radius 3 is 2.55 bits per heavy atom. The topological polar surface area (TPSA) is 50.6 Å². The van der Waals surface area contributed by atoms with Crippen molar-refractivity contribution in [3.8, 4) is 5.75 Å². The van der Waals surface area contributed by atoms with E-state index < -0.39 is 0 Å². The molecule has 0 saturated carbocycles. The van der Waals surface area contributed by atoms with E-state index in [9.17, 15) is 4.79 Å². The first kappa shape index (κ1) is 21.9. The zero-order chi connectivity index (χ0) is 21.8. The van der Waals surface area contributed by atoms with Crippen LogP contribution in [0.4, 0.5) is 0 Å². The highest BCUT2D eigenvalue weighted by molar-refractivity contribution is 5.73. The van der Waals surface area contributed by atoms with Crippen LogP contribution >= 0.6 is 0 Å². The van der Waals surface area contributed by atoms with Crippen molar-refractivity contribution < 1.29 is 9.53 Å². The van der Waals surface area contributed by atoms with Gasteiger partial charge in [0.25, 0.3) is 0 Å². The first-order chi connectivity index (χ1) is 15.0. The number of benzene rings is 1. The summed E-state index contributed by atoms with van der Waals surface area (Å²) in [5.74, 6) is 2.69. The van der Waals surface area contributed by atoms with Gasteiger partial charge in [-0.15, -0.1) is 0 Å². The summed E-state index contributed by atoms with van der Waals surface area (Å²) in [5, 5.41) is 4.48. The van der Waals surface area contributed by atoms with Crippen LogP contribution in [0.15, 0.2) is 42.7 Å². The highest BCUT2D eigenvalue weighted by Crippen LogP contribution is 2.36. The van der Waals surface area contributed by atoms with Crippen molar-refractivity contribution in [1.82, 2.24) is 19.6 Å². The molecule has 2 fully saturated rings. The molecule has 0 bridgehead atoms. The smallest absolute Gasteiger partial charge is 0.219 e. The average Bonchev–Trinajstić information content (AvgIpc) is 3.41. The second kappa shape index (κ2) is 9.86.